The molecule has 1 aliphatic rings. The number of piperidine rings is 1. The van der Waals surface area contributed by atoms with E-state index in [0.717, 1.165) is 25.9 Å². The topological polar surface area (TPSA) is 41.1 Å². The van der Waals surface area contributed by atoms with E-state index in [1.807, 2.05) is 18.2 Å². The molecule has 1 aliphatic heterocycles. The minimum Gasteiger partial charge on any atom is -0.355 e. The zero-order chi connectivity index (χ0) is 14.4. The van der Waals surface area contributed by atoms with E-state index in [0.29, 0.717) is 12.5 Å². The van der Waals surface area contributed by atoms with E-state index in [1.165, 1.54) is 12.0 Å². The Morgan fingerprint density at radius 3 is 2.75 bits per heavy atom. The van der Waals surface area contributed by atoms with Crippen LogP contribution in [0.25, 0.3) is 0 Å². The van der Waals surface area contributed by atoms with E-state index in [2.05, 4.69) is 36.6 Å². The van der Waals surface area contributed by atoms with Crippen molar-refractivity contribution in [2.24, 2.45) is 11.3 Å². The number of rotatable bonds is 5. The van der Waals surface area contributed by atoms with E-state index in [4.69, 9.17) is 0 Å². The summed E-state index contributed by atoms with van der Waals surface area (Å²) in [6.07, 6.45) is 3.21. The van der Waals surface area contributed by atoms with Crippen LogP contribution in [0.5, 0.6) is 0 Å². The predicted molar refractivity (Wildman–Crippen MR) is 82.5 cm³/mol. The van der Waals surface area contributed by atoms with Gasteiger partial charge in [-0.2, -0.15) is 0 Å². The van der Waals surface area contributed by atoms with Crippen molar-refractivity contribution in [3.63, 3.8) is 0 Å². The number of nitrogens with one attached hydrogen (secondary N) is 2. The van der Waals surface area contributed by atoms with Crippen LogP contribution in [0.15, 0.2) is 30.3 Å². The lowest BCUT2D eigenvalue weighted by molar-refractivity contribution is -0.132. The second kappa shape index (κ2) is 6.89. The third-order valence-corrected chi connectivity index (χ3v) is 4.44. The zero-order valence-corrected chi connectivity index (χ0v) is 12.6. The normalized spacial score (nSPS) is 19.6. The smallest absolute Gasteiger partial charge is 0.225 e. The first-order chi connectivity index (χ1) is 9.60. The molecule has 1 aromatic rings. The second-order valence-corrected chi connectivity index (χ2v) is 6.26. The number of carbonyl (C=O) groups is 1. The minimum absolute atomic E-state index is 0.183. The molecule has 1 unspecified atom stereocenters. The maximum absolute atomic E-state index is 12.4. The maximum atomic E-state index is 12.4. The standard InChI is InChI=1S/C17H26N2O/c1-17(2,15-9-6-11-18-13-15)16(20)19-12-10-14-7-4-3-5-8-14/h3-5,7-8,15,18H,6,9-13H2,1-2H3,(H,19,20). The van der Waals surface area contributed by atoms with Gasteiger partial charge in [0.2, 0.25) is 5.91 Å². The molecule has 0 aliphatic carbocycles. The van der Waals surface area contributed by atoms with E-state index in [1.54, 1.807) is 0 Å². The summed E-state index contributed by atoms with van der Waals surface area (Å²) in [7, 11) is 0. The molecule has 1 saturated heterocycles. The molecule has 20 heavy (non-hydrogen) atoms. The highest BCUT2D eigenvalue weighted by atomic mass is 16.2. The van der Waals surface area contributed by atoms with Crippen molar-refractivity contribution in [2.45, 2.75) is 33.1 Å². The van der Waals surface area contributed by atoms with Gasteiger partial charge in [0.25, 0.3) is 0 Å². The quantitative estimate of drug-likeness (QED) is 0.865. The molecule has 1 atom stereocenters. The lowest BCUT2D eigenvalue weighted by Gasteiger charge is -2.36. The molecular weight excluding hydrogens is 248 g/mol. The molecule has 3 heteroatoms. The van der Waals surface area contributed by atoms with Crippen molar-refractivity contribution >= 4 is 5.91 Å². The van der Waals surface area contributed by atoms with Crippen LogP contribution in [0, 0.1) is 11.3 Å². The van der Waals surface area contributed by atoms with Gasteiger partial charge in [0, 0.05) is 12.0 Å². The second-order valence-electron chi connectivity index (χ2n) is 6.26. The lowest BCUT2D eigenvalue weighted by Crippen LogP contribution is -2.47. The molecular formula is C17H26N2O. The molecule has 2 rings (SSSR count). The van der Waals surface area contributed by atoms with Crippen LogP contribution < -0.4 is 10.6 Å². The number of benzene rings is 1. The van der Waals surface area contributed by atoms with E-state index in [9.17, 15) is 4.79 Å². The minimum atomic E-state index is -0.288. The molecule has 3 nitrogen and oxygen atoms in total. The highest BCUT2D eigenvalue weighted by Crippen LogP contribution is 2.31. The van der Waals surface area contributed by atoms with Crippen molar-refractivity contribution in [3.05, 3.63) is 35.9 Å². The Balaban J connectivity index is 1.81. The maximum Gasteiger partial charge on any atom is 0.225 e. The van der Waals surface area contributed by atoms with Gasteiger partial charge < -0.3 is 10.6 Å². The van der Waals surface area contributed by atoms with Gasteiger partial charge in [0.15, 0.2) is 0 Å². The molecule has 1 fully saturated rings. The molecule has 1 amide bonds. The fourth-order valence-electron chi connectivity index (χ4n) is 2.85. The summed E-state index contributed by atoms with van der Waals surface area (Å²) in [5, 5.41) is 6.50. The van der Waals surface area contributed by atoms with Crippen LogP contribution in [-0.2, 0) is 11.2 Å². The van der Waals surface area contributed by atoms with Crippen molar-refractivity contribution in [1.29, 1.82) is 0 Å². The van der Waals surface area contributed by atoms with Crippen LogP contribution >= 0.6 is 0 Å². The van der Waals surface area contributed by atoms with Crippen molar-refractivity contribution < 1.29 is 4.79 Å². The fourth-order valence-corrected chi connectivity index (χ4v) is 2.85. The molecule has 0 saturated carbocycles. The number of hydrogen-bond acceptors (Lipinski definition) is 2. The summed E-state index contributed by atoms with van der Waals surface area (Å²) in [6.45, 7) is 6.90. The molecule has 110 valence electrons. The fraction of sp³-hybridized carbons (Fsp3) is 0.588. The Labute approximate surface area is 122 Å². The largest absolute Gasteiger partial charge is 0.355 e. The molecule has 0 bridgehead atoms. The van der Waals surface area contributed by atoms with Gasteiger partial charge in [-0.3, -0.25) is 4.79 Å². The summed E-state index contributed by atoms with van der Waals surface area (Å²) in [5.41, 5.74) is 0.981. The first-order valence-electron chi connectivity index (χ1n) is 7.63. The third-order valence-electron chi connectivity index (χ3n) is 4.44. The number of amides is 1. The Hall–Kier alpha value is -1.35. The average Bonchev–Trinajstić information content (AvgIpc) is 2.49. The van der Waals surface area contributed by atoms with Crippen LogP contribution in [-0.4, -0.2) is 25.5 Å². The summed E-state index contributed by atoms with van der Waals surface area (Å²) >= 11 is 0. The highest BCUT2D eigenvalue weighted by Gasteiger charge is 2.36. The molecule has 0 spiro atoms. The number of carbonyl (C=O) groups excluding carboxylic acids is 1. The SMILES string of the molecule is CC(C)(C(=O)NCCc1ccccc1)C1CCCNC1. The first kappa shape index (κ1) is 15.0. The summed E-state index contributed by atoms with van der Waals surface area (Å²) in [5.74, 6) is 0.620. The molecule has 1 heterocycles. The van der Waals surface area contributed by atoms with Gasteiger partial charge in [-0.05, 0) is 43.8 Å². The summed E-state index contributed by atoms with van der Waals surface area (Å²) < 4.78 is 0. The van der Waals surface area contributed by atoms with Crippen molar-refractivity contribution in [2.75, 3.05) is 19.6 Å². The lowest BCUT2D eigenvalue weighted by atomic mass is 9.74. The van der Waals surface area contributed by atoms with Crippen LogP contribution in [0.4, 0.5) is 0 Å². The Kier molecular flexibility index (Phi) is 5.18. The monoisotopic (exact) mass is 274 g/mol. The van der Waals surface area contributed by atoms with Crippen LogP contribution in [0.1, 0.15) is 32.3 Å². The Bertz CT molecular complexity index is 422. The summed E-state index contributed by atoms with van der Waals surface area (Å²) in [6, 6.07) is 10.3. The van der Waals surface area contributed by atoms with Crippen molar-refractivity contribution in [1.82, 2.24) is 10.6 Å². The molecule has 2 N–H and O–H groups in total. The van der Waals surface area contributed by atoms with Gasteiger partial charge in [-0.15, -0.1) is 0 Å². The predicted octanol–water partition coefficient (Wildman–Crippen LogP) is 2.37. The highest BCUT2D eigenvalue weighted by molar-refractivity contribution is 5.82. The molecule has 0 aromatic heterocycles. The molecule has 0 radical (unpaired) electrons. The van der Waals surface area contributed by atoms with Crippen molar-refractivity contribution in [3.8, 4) is 0 Å². The first-order valence-corrected chi connectivity index (χ1v) is 7.63. The van der Waals surface area contributed by atoms with Gasteiger partial charge in [0.05, 0.1) is 0 Å². The zero-order valence-electron chi connectivity index (χ0n) is 12.6. The van der Waals surface area contributed by atoms with E-state index in [-0.39, 0.29) is 11.3 Å². The van der Waals surface area contributed by atoms with E-state index >= 15 is 0 Å². The van der Waals surface area contributed by atoms with Gasteiger partial charge in [-0.25, -0.2) is 0 Å². The van der Waals surface area contributed by atoms with Gasteiger partial charge in [0.1, 0.15) is 0 Å². The van der Waals surface area contributed by atoms with E-state index < -0.39 is 0 Å². The Morgan fingerprint density at radius 2 is 2.10 bits per heavy atom. The van der Waals surface area contributed by atoms with Crippen LogP contribution in [0.3, 0.4) is 0 Å². The number of hydrogen-bond donors (Lipinski definition) is 2. The summed E-state index contributed by atoms with van der Waals surface area (Å²) in [4.78, 5) is 12.4. The van der Waals surface area contributed by atoms with Gasteiger partial charge in [-0.1, -0.05) is 44.2 Å². The Morgan fingerprint density at radius 1 is 1.35 bits per heavy atom. The van der Waals surface area contributed by atoms with Gasteiger partial charge >= 0.3 is 0 Å². The average molecular weight is 274 g/mol. The molecule has 1 aromatic carbocycles. The third kappa shape index (κ3) is 3.83. The van der Waals surface area contributed by atoms with Crippen LogP contribution in [0.2, 0.25) is 0 Å².